The lowest BCUT2D eigenvalue weighted by atomic mass is 10.2. The van der Waals surface area contributed by atoms with Gasteiger partial charge in [0.1, 0.15) is 6.61 Å². The van der Waals surface area contributed by atoms with E-state index in [9.17, 15) is 5.11 Å². The van der Waals surface area contributed by atoms with E-state index in [1.165, 1.54) is 0 Å². The Morgan fingerprint density at radius 3 is 2.57 bits per heavy atom. The van der Waals surface area contributed by atoms with Crippen molar-refractivity contribution >= 4 is 0 Å². The van der Waals surface area contributed by atoms with Crippen LogP contribution in [0.3, 0.4) is 0 Å². The maximum absolute atomic E-state index is 9.44. The van der Waals surface area contributed by atoms with E-state index in [1.807, 2.05) is 25.1 Å². The second-order valence-corrected chi connectivity index (χ2v) is 5.33. The van der Waals surface area contributed by atoms with Crippen molar-refractivity contribution in [2.24, 2.45) is 0 Å². The topological polar surface area (TPSA) is 45.2 Å². The maximum atomic E-state index is 9.44. The Bertz CT molecular complexity index is 432. The van der Waals surface area contributed by atoms with E-state index in [4.69, 9.17) is 9.47 Å². The number of piperazine rings is 1. The normalized spacial score (nSPS) is 16.9. The second-order valence-electron chi connectivity index (χ2n) is 5.33. The first-order valence-corrected chi connectivity index (χ1v) is 7.63. The van der Waals surface area contributed by atoms with Gasteiger partial charge in [-0.1, -0.05) is 12.1 Å². The van der Waals surface area contributed by atoms with E-state index >= 15 is 0 Å². The van der Waals surface area contributed by atoms with Gasteiger partial charge in [-0.3, -0.25) is 4.90 Å². The van der Waals surface area contributed by atoms with Gasteiger partial charge in [0.15, 0.2) is 11.5 Å². The van der Waals surface area contributed by atoms with E-state index in [-0.39, 0.29) is 6.61 Å². The van der Waals surface area contributed by atoms with Gasteiger partial charge in [0, 0.05) is 38.3 Å². The fourth-order valence-electron chi connectivity index (χ4n) is 2.47. The van der Waals surface area contributed by atoms with E-state index in [2.05, 4.69) is 16.8 Å². The standard InChI is InChI=1S/C16H26N2O3/c1-3-20-15-6-4-5-14(13-19)16(15)21-12-11-18-9-7-17(2)8-10-18/h4-6,19H,3,7-13H2,1-2H3. The van der Waals surface area contributed by atoms with Crippen LogP contribution in [0.25, 0.3) is 0 Å². The first kappa shape index (κ1) is 16.1. The minimum absolute atomic E-state index is 0.0369. The monoisotopic (exact) mass is 294 g/mol. The highest BCUT2D eigenvalue weighted by atomic mass is 16.5. The molecule has 2 rings (SSSR count). The minimum atomic E-state index is -0.0369. The Morgan fingerprint density at radius 2 is 1.90 bits per heavy atom. The van der Waals surface area contributed by atoms with Crippen LogP contribution in [-0.2, 0) is 6.61 Å². The molecule has 1 aliphatic heterocycles. The number of hydrogen-bond donors (Lipinski definition) is 1. The van der Waals surface area contributed by atoms with Crippen LogP contribution in [0.4, 0.5) is 0 Å². The number of nitrogens with zero attached hydrogens (tertiary/aromatic N) is 2. The summed E-state index contributed by atoms with van der Waals surface area (Å²) in [4.78, 5) is 4.74. The summed E-state index contributed by atoms with van der Waals surface area (Å²) >= 11 is 0. The molecule has 5 nitrogen and oxygen atoms in total. The number of likely N-dealkylation sites (N-methyl/N-ethyl adjacent to an activating group) is 1. The van der Waals surface area contributed by atoms with Gasteiger partial charge in [0.25, 0.3) is 0 Å². The molecule has 0 spiro atoms. The van der Waals surface area contributed by atoms with Crippen molar-refractivity contribution in [3.05, 3.63) is 23.8 Å². The first-order valence-electron chi connectivity index (χ1n) is 7.63. The lowest BCUT2D eigenvalue weighted by molar-refractivity contribution is 0.131. The van der Waals surface area contributed by atoms with Crippen LogP contribution in [0, 0.1) is 0 Å². The largest absolute Gasteiger partial charge is 0.490 e. The van der Waals surface area contributed by atoms with Crippen molar-refractivity contribution in [2.45, 2.75) is 13.5 Å². The van der Waals surface area contributed by atoms with E-state index in [0.29, 0.717) is 24.7 Å². The fourth-order valence-corrected chi connectivity index (χ4v) is 2.47. The Kier molecular flexibility index (Phi) is 6.29. The number of para-hydroxylation sites is 1. The van der Waals surface area contributed by atoms with Crippen molar-refractivity contribution in [1.29, 1.82) is 0 Å². The highest BCUT2D eigenvalue weighted by molar-refractivity contribution is 5.46. The van der Waals surface area contributed by atoms with Gasteiger partial charge in [0.05, 0.1) is 13.2 Å². The first-order chi connectivity index (χ1) is 10.2. The van der Waals surface area contributed by atoms with Gasteiger partial charge in [0.2, 0.25) is 0 Å². The summed E-state index contributed by atoms with van der Waals surface area (Å²) in [6.45, 7) is 8.39. The average Bonchev–Trinajstić information content (AvgIpc) is 2.50. The zero-order valence-corrected chi connectivity index (χ0v) is 13.0. The molecule has 1 fully saturated rings. The minimum Gasteiger partial charge on any atom is -0.490 e. The number of aliphatic hydroxyl groups excluding tert-OH is 1. The zero-order chi connectivity index (χ0) is 15.1. The maximum Gasteiger partial charge on any atom is 0.166 e. The van der Waals surface area contributed by atoms with E-state index in [1.54, 1.807) is 0 Å². The molecule has 21 heavy (non-hydrogen) atoms. The quantitative estimate of drug-likeness (QED) is 0.819. The van der Waals surface area contributed by atoms with Gasteiger partial charge in [-0.25, -0.2) is 0 Å². The molecule has 1 saturated heterocycles. The molecule has 0 bridgehead atoms. The zero-order valence-electron chi connectivity index (χ0n) is 13.0. The number of aliphatic hydroxyl groups is 1. The van der Waals surface area contributed by atoms with Crippen molar-refractivity contribution in [3.63, 3.8) is 0 Å². The van der Waals surface area contributed by atoms with Crippen LogP contribution in [0.2, 0.25) is 0 Å². The van der Waals surface area contributed by atoms with Crippen LogP contribution < -0.4 is 9.47 Å². The van der Waals surface area contributed by atoms with Gasteiger partial charge >= 0.3 is 0 Å². The lowest BCUT2D eigenvalue weighted by Crippen LogP contribution is -2.45. The average molecular weight is 294 g/mol. The summed E-state index contributed by atoms with van der Waals surface area (Å²) in [5.41, 5.74) is 0.777. The molecule has 0 amide bonds. The van der Waals surface area contributed by atoms with Crippen LogP contribution in [0.15, 0.2) is 18.2 Å². The van der Waals surface area contributed by atoms with Gasteiger partial charge in [-0.15, -0.1) is 0 Å². The van der Waals surface area contributed by atoms with Crippen molar-refractivity contribution in [3.8, 4) is 11.5 Å². The molecule has 1 N–H and O–H groups in total. The van der Waals surface area contributed by atoms with Crippen LogP contribution in [-0.4, -0.2) is 67.9 Å². The fraction of sp³-hybridized carbons (Fsp3) is 0.625. The van der Waals surface area contributed by atoms with Crippen LogP contribution in [0.1, 0.15) is 12.5 Å². The van der Waals surface area contributed by atoms with Gasteiger partial charge in [-0.05, 0) is 20.0 Å². The molecule has 0 saturated carbocycles. The molecule has 0 atom stereocenters. The Morgan fingerprint density at radius 1 is 1.14 bits per heavy atom. The summed E-state index contributed by atoms with van der Waals surface area (Å²) in [5.74, 6) is 1.39. The predicted octanol–water partition coefficient (Wildman–Crippen LogP) is 1.20. The molecular formula is C16H26N2O3. The van der Waals surface area contributed by atoms with Crippen molar-refractivity contribution in [1.82, 2.24) is 9.80 Å². The number of benzene rings is 1. The molecule has 0 radical (unpaired) electrons. The van der Waals surface area contributed by atoms with Crippen LogP contribution >= 0.6 is 0 Å². The summed E-state index contributed by atoms with van der Waals surface area (Å²) in [7, 11) is 2.15. The van der Waals surface area contributed by atoms with Gasteiger partial charge in [-0.2, -0.15) is 0 Å². The molecule has 1 aromatic rings. The summed E-state index contributed by atoms with van der Waals surface area (Å²) in [6.07, 6.45) is 0. The smallest absolute Gasteiger partial charge is 0.166 e. The highest BCUT2D eigenvalue weighted by Crippen LogP contribution is 2.31. The highest BCUT2D eigenvalue weighted by Gasteiger charge is 2.15. The lowest BCUT2D eigenvalue weighted by Gasteiger charge is -2.32. The molecule has 1 aromatic carbocycles. The second kappa shape index (κ2) is 8.22. The predicted molar refractivity (Wildman–Crippen MR) is 83.0 cm³/mol. The Balaban J connectivity index is 1.89. The molecule has 0 aromatic heterocycles. The number of rotatable bonds is 7. The van der Waals surface area contributed by atoms with Gasteiger partial charge < -0.3 is 19.5 Å². The van der Waals surface area contributed by atoms with E-state index < -0.39 is 0 Å². The molecule has 0 aliphatic carbocycles. The summed E-state index contributed by atoms with van der Waals surface area (Å²) < 4.78 is 11.5. The summed E-state index contributed by atoms with van der Waals surface area (Å²) in [5, 5.41) is 9.44. The third kappa shape index (κ3) is 4.59. The summed E-state index contributed by atoms with van der Waals surface area (Å²) in [6, 6.07) is 5.63. The third-order valence-corrected chi connectivity index (χ3v) is 3.78. The van der Waals surface area contributed by atoms with E-state index in [0.717, 1.165) is 38.3 Å². The Hall–Kier alpha value is -1.30. The SMILES string of the molecule is CCOc1cccc(CO)c1OCCN1CCN(C)CC1. The molecular weight excluding hydrogens is 268 g/mol. The van der Waals surface area contributed by atoms with Crippen molar-refractivity contribution in [2.75, 3.05) is 53.0 Å². The molecule has 5 heteroatoms. The number of ether oxygens (including phenoxy) is 2. The molecule has 1 heterocycles. The number of hydrogen-bond acceptors (Lipinski definition) is 5. The third-order valence-electron chi connectivity index (χ3n) is 3.78. The van der Waals surface area contributed by atoms with Crippen molar-refractivity contribution < 1.29 is 14.6 Å². The molecule has 1 aliphatic rings. The van der Waals surface area contributed by atoms with Crippen LogP contribution in [0.5, 0.6) is 11.5 Å². The molecule has 0 unspecified atom stereocenters. The molecule has 118 valence electrons. The Labute approximate surface area is 127 Å².